The van der Waals surface area contributed by atoms with Crippen LogP contribution in [-0.2, 0) is 17.6 Å². The second-order valence-electron chi connectivity index (χ2n) is 4.70. The first-order chi connectivity index (χ1) is 9.65. The van der Waals surface area contributed by atoms with Gasteiger partial charge in [0.2, 0.25) is 5.91 Å². The Balaban J connectivity index is 1.82. The SMILES string of the molecule is O=C(O)c1ccc2c(c1)CCN2C(=O)Cc1ccn[nH]1. The number of aromatic carboxylic acids is 1. The first-order valence-corrected chi connectivity index (χ1v) is 6.30. The van der Waals surface area contributed by atoms with Crippen molar-refractivity contribution in [3.63, 3.8) is 0 Å². The van der Waals surface area contributed by atoms with Gasteiger partial charge in [0.15, 0.2) is 0 Å². The highest BCUT2D eigenvalue weighted by molar-refractivity contribution is 5.97. The summed E-state index contributed by atoms with van der Waals surface area (Å²) in [7, 11) is 0. The molecule has 3 rings (SSSR count). The molecule has 6 heteroatoms. The third-order valence-electron chi connectivity index (χ3n) is 3.42. The zero-order valence-electron chi connectivity index (χ0n) is 10.7. The molecule has 0 bridgehead atoms. The number of carboxylic acids is 1. The average Bonchev–Trinajstić information content (AvgIpc) is 3.06. The number of rotatable bonds is 3. The fraction of sp³-hybridized carbons (Fsp3) is 0.214. The summed E-state index contributed by atoms with van der Waals surface area (Å²) >= 11 is 0. The number of nitrogens with one attached hydrogen (secondary N) is 1. The number of anilines is 1. The lowest BCUT2D eigenvalue weighted by Crippen LogP contribution is -2.30. The minimum Gasteiger partial charge on any atom is -0.478 e. The normalized spacial score (nSPS) is 13.3. The number of hydrogen-bond acceptors (Lipinski definition) is 3. The van der Waals surface area contributed by atoms with Crippen LogP contribution in [0.25, 0.3) is 0 Å². The molecule has 2 heterocycles. The smallest absolute Gasteiger partial charge is 0.335 e. The van der Waals surface area contributed by atoms with Crippen LogP contribution < -0.4 is 4.90 Å². The Kier molecular flexibility index (Phi) is 2.98. The van der Waals surface area contributed by atoms with Gasteiger partial charge < -0.3 is 10.0 Å². The summed E-state index contributed by atoms with van der Waals surface area (Å²) in [5, 5.41) is 15.6. The van der Waals surface area contributed by atoms with E-state index in [4.69, 9.17) is 5.11 Å². The molecule has 1 aromatic heterocycles. The van der Waals surface area contributed by atoms with Crippen LogP contribution in [0.1, 0.15) is 21.6 Å². The summed E-state index contributed by atoms with van der Waals surface area (Å²) in [6.45, 7) is 0.589. The number of carboxylic acid groups (broad SMARTS) is 1. The van der Waals surface area contributed by atoms with Crippen LogP contribution in [-0.4, -0.2) is 33.7 Å². The van der Waals surface area contributed by atoms with Crippen molar-refractivity contribution in [2.75, 3.05) is 11.4 Å². The fourth-order valence-corrected chi connectivity index (χ4v) is 2.44. The molecule has 0 fully saturated rings. The maximum Gasteiger partial charge on any atom is 0.335 e. The highest BCUT2D eigenvalue weighted by Gasteiger charge is 2.25. The molecule has 102 valence electrons. The van der Waals surface area contributed by atoms with E-state index in [-0.39, 0.29) is 17.9 Å². The lowest BCUT2D eigenvalue weighted by atomic mass is 10.1. The van der Waals surface area contributed by atoms with E-state index in [0.29, 0.717) is 13.0 Å². The number of aromatic nitrogens is 2. The van der Waals surface area contributed by atoms with Gasteiger partial charge in [-0.15, -0.1) is 0 Å². The summed E-state index contributed by atoms with van der Waals surface area (Å²) in [4.78, 5) is 24.9. The number of nitrogens with zero attached hydrogens (tertiary/aromatic N) is 2. The van der Waals surface area contributed by atoms with Crippen molar-refractivity contribution in [3.05, 3.63) is 47.3 Å². The molecule has 0 unspecified atom stereocenters. The van der Waals surface area contributed by atoms with Crippen LogP contribution in [0.3, 0.4) is 0 Å². The van der Waals surface area contributed by atoms with Crippen molar-refractivity contribution in [2.45, 2.75) is 12.8 Å². The van der Waals surface area contributed by atoms with Gasteiger partial charge >= 0.3 is 5.97 Å². The van der Waals surface area contributed by atoms with Gasteiger partial charge in [-0.2, -0.15) is 5.10 Å². The second-order valence-corrected chi connectivity index (χ2v) is 4.70. The van der Waals surface area contributed by atoms with Gasteiger partial charge in [0.1, 0.15) is 0 Å². The predicted octanol–water partition coefficient (Wildman–Crippen LogP) is 1.24. The monoisotopic (exact) mass is 271 g/mol. The fourth-order valence-electron chi connectivity index (χ4n) is 2.44. The molecule has 6 nitrogen and oxygen atoms in total. The zero-order chi connectivity index (χ0) is 14.1. The topological polar surface area (TPSA) is 86.3 Å². The van der Waals surface area contributed by atoms with E-state index in [1.807, 2.05) is 0 Å². The summed E-state index contributed by atoms with van der Waals surface area (Å²) in [6.07, 6.45) is 2.56. The average molecular weight is 271 g/mol. The van der Waals surface area contributed by atoms with Crippen molar-refractivity contribution < 1.29 is 14.7 Å². The molecule has 0 atom stereocenters. The van der Waals surface area contributed by atoms with Gasteiger partial charge in [-0.25, -0.2) is 4.79 Å². The van der Waals surface area contributed by atoms with Crippen LogP contribution in [0.4, 0.5) is 5.69 Å². The van der Waals surface area contributed by atoms with Gasteiger partial charge in [0, 0.05) is 24.1 Å². The molecule has 20 heavy (non-hydrogen) atoms. The minimum absolute atomic E-state index is 0.0175. The standard InChI is InChI=1S/C14H13N3O3/c18-13(8-11-3-5-15-16-11)17-6-4-9-7-10(14(19)20)1-2-12(9)17/h1-3,5,7H,4,6,8H2,(H,15,16)(H,19,20). The molecule has 1 amide bonds. The first kappa shape index (κ1) is 12.4. The van der Waals surface area contributed by atoms with Gasteiger partial charge in [-0.3, -0.25) is 9.89 Å². The molecule has 1 aromatic carbocycles. The minimum atomic E-state index is -0.949. The Labute approximate surface area is 115 Å². The maximum absolute atomic E-state index is 12.3. The number of fused-ring (bicyclic) bond motifs is 1. The third-order valence-corrected chi connectivity index (χ3v) is 3.42. The van der Waals surface area contributed by atoms with E-state index in [9.17, 15) is 9.59 Å². The zero-order valence-corrected chi connectivity index (χ0v) is 10.7. The van der Waals surface area contributed by atoms with Crippen molar-refractivity contribution in [2.24, 2.45) is 0 Å². The van der Waals surface area contributed by atoms with Gasteiger partial charge in [-0.1, -0.05) is 0 Å². The molecule has 0 radical (unpaired) electrons. The summed E-state index contributed by atoms with van der Waals surface area (Å²) < 4.78 is 0. The molecule has 0 saturated heterocycles. The molecule has 0 aliphatic carbocycles. The van der Waals surface area contributed by atoms with Gasteiger partial charge in [0.25, 0.3) is 0 Å². The van der Waals surface area contributed by atoms with Crippen LogP contribution in [0, 0.1) is 0 Å². The Morgan fingerprint density at radius 1 is 1.35 bits per heavy atom. The largest absolute Gasteiger partial charge is 0.478 e. The highest BCUT2D eigenvalue weighted by atomic mass is 16.4. The summed E-state index contributed by atoms with van der Waals surface area (Å²) in [5.41, 5.74) is 2.74. The number of hydrogen-bond donors (Lipinski definition) is 2. The maximum atomic E-state index is 12.3. The van der Waals surface area contributed by atoms with E-state index < -0.39 is 5.97 Å². The summed E-state index contributed by atoms with van der Waals surface area (Å²) in [5.74, 6) is -0.967. The number of carbonyl (C=O) groups is 2. The Hall–Kier alpha value is -2.63. The highest BCUT2D eigenvalue weighted by Crippen LogP contribution is 2.29. The van der Waals surface area contributed by atoms with Crippen LogP contribution in [0.2, 0.25) is 0 Å². The number of H-pyrrole nitrogens is 1. The molecular formula is C14H13N3O3. The van der Waals surface area contributed by atoms with Crippen LogP contribution in [0.5, 0.6) is 0 Å². The van der Waals surface area contributed by atoms with Crippen molar-refractivity contribution in [1.29, 1.82) is 0 Å². The quantitative estimate of drug-likeness (QED) is 0.879. The van der Waals surface area contributed by atoms with Crippen molar-refractivity contribution in [3.8, 4) is 0 Å². The van der Waals surface area contributed by atoms with E-state index in [2.05, 4.69) is 10.2 Å². The van der Waals surface area contributed by atoms with Crippen LogP contribution in [0.15, 0.2) is 30.5 Å². The number of aromatic amines is 1. The third kappa shape index (κ3) is 2.16. The Morgan fingerprint density at radius 2 is 2.20 bits per heavy atom. The first-order valence-electron chi connectivity index (χ1n) is 6.30. The predicted molar refractivity (Wildman–Crippen MR) is 71.8 cm³/mol. The van der Waals surface area contributed by atoms with E-state index in [1.165, 1.54) is 6.07 Å². The van der Waals surface area contributed by atoms with Crippen molar-refractivity contribution >= 4 is 17.6 Å². The number of carbonyl (C=O) groups excluding carboxylic acids is 1. The van der Waals surface area contributed by atoms with E-state index >= 15 is 0 Å². The molecule has 1 aliphatic rings. The number of amides is 1. The molecule has 1 aliphatic heterocycles. The molecule has 0 saturated carbocycles. The number of benzene rings is 1. The van der Waals surface area contributed by atoms with Crippen molar-refractivity contribution in [1.82, 2.24) is 10.2 Å². The van der Waals surface area contributed by atoms with Gasteiger partial charge in [0.05, 0.1) is 12.0 Å². The lowest BCUT2D eigenvalue weighted by Gasteiger charge is -2.17. The molecule has 2 aromatic rings. The van der Waals surface area contributed by atoms with E-state index in [0.717, 1.165) is 16.9 Å². The summed E-state index contributed by atoms with van der Waals surface area (Å²) in [6, 6.07) is 6.64. The lowest BCUT2D eigenvalue weighted by molar-refractivity contribution is -0.117. The Morgan fingerprint density at radius 3 is 2.90 bits per heavy atom. The Bertz CT molecular complexity index is 664. The molecular weight excluding hydrogens is 258 g/mol. The second kappa shape index (κ2) is 4.80. The molecule has 0 spiro atoms. The molecule has 2 N–H and O–H groups in total. The van der Waals surface area contributed by atoms with Gasteiger partial charge in [-0.05, 0) is 36.2 Å². The van der Waals surface area contributed by atoms with E-state index in [1.54, 1.807) is 29.3 Å². The van der Waals surface area contributed by atoms with Crippen LogP contribution >= 0.6 is 0 Å².